The smallest absolute Gasteiger partial charge is 0.197 e. The number of nitrogens with zero attached hydrogens (tertiary/aromatic N) is 1. The van der Waals surface area contributed by atoms with Gasteiger partial charge in [0.25, 0.3) is 0 Å². The molecule has 0 atom stereocenters. The number of thiophene rings is 1. The first-order chi connectivity index (χ1) is 29.9. The Kier molecular flexibility index (Phi) is 7.21. The van der Waals surface area contributed by atoms with Gasteiger partial charge in [0, 0.05) is 87.1 Å². The van der Waals surface area contributed by atoms with Crippen LogP contribution in [-0.4, -0.2) is 11.8 Å². The summed E-state index contributed by atoms with van der Waals surface area (Å²) in [6.07, 6.45) is 0. The predicted octanol–water partition coefficient (Wildman–Crippen LogP) is 14.9. The quantitative estimate of drug-likeness (QED) is 0.181. The molecule has 0 saturated heterocycles. The average Bonchev–Trinajstić information content (AvgIpc) is 4.00. The number of fused-ring (bicyclic) bond motifs is 14. The van der Waals surface area contributed by atoms with Crippen LogP contribution < -0.4 is 16.2 Å². The Morgan fingerprint density at radius 1 is 0.500 bits per heavy atom. The standard InChI is InChI=1S/C56H42BN2O2S/c1-55(2,3)30-15-18-32(19-16-30)58-44-28-49-41(39-23-31(56(4,5)6)17-22-48(39)61-49)24-37(44)35-20-21-36-38-25-40-33-11-7-9-13-47(33)60-50(40)29-45(38)59-46-26-42-34-12-8-10-14-51(34)62-52(42)27-43(46)57-53(35)54(36)59/h7-29,58H,1-6H3. The van der Waals surface area contributed by atoms with Crippen molar-refractivity contribution in [3.05, 3.63) is 151 Å². The first kappa shape index (κ1) is 35.9. The molecular formula is C56H42BN2O2S. The maximum Gasteiger partial charge on any atom is 0.197 e. The molecule has 0 fully saturated rings. The third-order valence-corrected chi connectivity index (χ3v) is 14.5. The molecule has 5 heterocycles. The largest absolute Gasteiger partial charge is 0.456 e. The molecule has 1 aliphatic heterocycles. The van der Waals surface area contributed by atoms with Gasteiger partial charge in [-0.15, -0.1) is 11.3 Å². The van der Waals surface area contributed by atoms with E-state index in [1.54, 1.807) is 0 Å². The number of aromatic nitrogens is 1. The van der Waals surface area contributed by atoms with Crippen molar-refractivity contribution in [1.29, 1.82) is 0 Å². The predicted molar refractivity (Wildman–Crippen MR) is 266 cm³/mol. The van der Waals surface area contributed by atoms with Crippen molar-refractivity contribution in [2.45, 2.75) is 52.4 Å². The third-order valence-electron chi connectivity index (χ3n) is 13.3. The molecule has 0 unspecified atom stereocenters. The number of benzene rings is 8. The summed E-state index contributed by atoms with van der Waals surface area (Å²) < 4.78 is 18.3. The molecule has 4 aromatic heterocycles. The van der Waals surface area contributed by atoms with Gasteiger partial charge in [-0.3, -0.25) is 0 Å². The van der Waals surface area contributed by atoms with E-state index in [4.69, 9.17) is 8.83 Å². The van der Waals surface area contributed by atoms with Crippen LogP contribution in [0.5, 0.6) is 0 Å². The maximum absolute atomic E-state index is 6.66. The van der Waals surface area contributed by atoms with Crippen LogP contribution in [-0.2, 0) is 10.8 Å². The fourth-order valence-corrected chi connectivity index (χ4v) is 11.2. The number of anilines is 2. The summed E-state index contributed by atoms with van der Waals surface area (Å²) in [6, 6.07) is 51.4. The number of furan rings is 2. The number of nitrogens with one attached hydrogen (secondary N) is 1. The minimum atomic E-state index is -0.000543. The summed E-state index contributed by atoms with van der Waals surface area (Å²) in [5.74, 6) is 0. The van der Waals surface area contributed by atoms with Gasteiger partial charge in [-0.2, -0.15) is 0 Å². The summed E-state index contributed by atoms with van der Waals surface area (Å²) in [4.78, 5) is 0. The van der Waals surface area contributed by atoms with Crippen molar-refractivity contribution in [2.24, 2.45) is 0 Å². The van der Waals surface area contributed by atoms with Crippen molar-refractivity contribution in [3.8, 4) is 16.8 Å². The molecule has 0 spiro atoms. The van der Waals surface area contributed by atoms with Crippen molar-refractivity contribution in [1.82, 2.24) is 4.57 Å². The van der Waals surface area contributed by atoms with Gasteiger partial charge in [0.15, 0.2) is 7.28 Å². The van der Waals surface area contributed by atoms with E-state index in [0.29, 0.717) is 0 Å². The minimum Gasteiger partial charge on any atom is -0.456 e. The molecule has 1 aliphatic rings. The Morgan fingerprint density at radius 3 is 2.00 bits per heavy atom. The van der Waals surface area contributed by atoms with Gasteiger partial charge < -0.3 is 18.7 Å². The normalized spacial score (nSPS) is 13.1. The molecule has 12 aromatic rings. The van der Waals surface area contributed by atoms with Crippen LogP contribution in [0, 0.1) is 0 Å². The molecule has 1 radical (unpaired) electrons. The number of hydrogen-bond acceptors (Lipinski definition) is 4. The molecule has 0 amide bonds. The van der Waals surface area contributed by atoms with Crippen molar-refractivity contribution < 1.29 is 8.83 Å². The Labute approximate surface area is 363 Å². The van der Waals surface area contributed by atoms with Crippen LogP contribution in [0.25, 0.3) is 103 Å². The topological polar surface area (TPSA) is 43.2 Å². The van der Waals surface area contributed by atoms with Crippen LogP contribution in [0.3, 0.4) is 0 Å². The molecule has 13 rings (SSSR count). The van der Waals surface area contributed by atoms with E-state index >= 15 is 0 Å². The molecule has 0 bridgehead atoms. The first-order valence-electron chi connectivity index (χ1n) is 21.6. The summed E-state index contributed by atoms with van der Waals surface area (Å²) in [5.41, 5.74) is 16.4. The van der Waals surface area contributed by atoms with E-state index in [-0.39, 0.29) is 10.8 Å². The Bertz CT molecular complexity index is 3880. The van der Waals surface area contributed by atoms with Gasteiger partial charge in [0.1, 0.15) is 22.3 Å². The molecule has 4 nitrogen and oxygen atoms in total. The monoisotopic (exact) mass is 817 g/mol. The van der Waals surface area contributed by atoms with Gasteiger partial charge in [-0.25, -0.2) is 0 Å². The molecule has 8 aromatic carbocycles. The highest BCUT2D eigenvalue weighted by Gasteiger charge is 2.29. The fourth-order valence-electron chi connectivity index (χ4n) is 10.0. The zero-order valence-corrected chi connectivity index (χ0v) is 36.3. The van der Waals surface area contributed by atoms with Gasteiger partial charge in [-0.05, 0) is 93.6 Å². The van der Waals surface area contributed by atoms with Gasteiger partial charge in [0.05, 0.1) is 11.2 Å². The minimum absolute atomic E-state index is 0.000543. The van der Waals surface area contributed by atoms with Crippen LogP contribution in [0.4, 0.5) is 11.4 Å². The van der Waals surface area contributed by atoms with E-state index in [2.05, 4.69) is 192 Å². The van der Waals surface area contributed by atoms with Crippen molar-refractivity contribution in [2.75, 3.05) is 5.32 Å². The Hall–Kier alpha value is -6.76. The lowest BCUT2D eigenvalue weighted by Crippen LogP contribution is -2.37. The van der Waals surface area contributed by atoms with Crippen LogP contribution >= 0.6 is 11.3 Å². The zero-order valence-electron chi connectivity index (χ0n) is 35.5. The number of hydrogen-bond donors (Lipinski definition) is 1. The van der Waals surface area contributed by atoms with Gasteiger partial charge in [0.2, 0.25) is 0 Å². The van der Waals surface area contributed by atoms with E-state index in [9.17, 15) is 0 Å². The molecule has 6 heteroatoms. The van der Waals surface area contributed by atoms with Crippen LogP contribution in [0.2, 0.25) is 0 Å². The molecular weight excluding hydrogens is 776 g/mol. The molecule has 0 aliphatic carbocycles. The summed E-state index contributed by atoms with van der Waals surface area (Å²) in [5, 5.41) is 13.4. The van der Waals surface area contributed by atoms with Crippen LogP contribution in [0.1, 0.15) is 52.7 Å². The number of rotatable bonds is 3. The second-order valence-electron chi connectivity index (χ2n) is 19.3. The molecule has 1 N–H and O–H groups in total. The highest BCUT2D eigenvalue weighted by molar-refractivity contribution is 7.26. The Morgan fingerprint density at radius 2 is 1.19 bits per heavy atom. The first-order valence-corrected chi connectivity index (χ1v) is 22.4. The van der Waals surface area contributed by atoms with E-state index in [1.807, 2.05) is 17.4 Å². The molecule has 297 valence electrons. The second kappa shape index (κ2) is 12.4. The maximum atomic E-state index is 6.66. The second-order valence-corrected chi connectivity index (χ2v) is 20.4. The summed E-state index contributed by atoms with van der Waals surface area (Å²) in [6.45, 7) is 13.6. The lowest BCUT2D eigenvalue weighted by molar-refractivity contribution is 0.590. The zero-order chi connectivity index (χ0) is 41.8. The lowest BCUT2D eigenvalue weighted by Gasteiger charge is -2.24. The van der Waals surface area contributed by atoms with Crippen molar-refractivity contribution in [3.63, 3.8) is 0 Å². The van der Waals surface area contributed by atoms with Gasteiger partial charge >= 0.3 is 0 Å². The Balaban J connectivity index is 1.11. The SMILES string of the molecule is CC(C)(C)c1ccc(Nc2cc3oc4ccc(C(C)(C)C)cc4c3cc2-c2ccc3c4cc5c(cc4n4c3c2[B]c2cc3sc6ccccc6c3cc2-4)oc2ccccc25)cc1. The van der Waals surface area contributed by atoms with Crippen LogP contribution in [0.15, 0.2) is 148 Å². The molecule has 62 heavy (non-hydrogen) atoms. The highest BCUT2D eigenvalue weighted by atomic mass is 32.1. The summed E-state index contributed by atoms with van der Waals surface area (Å²) in [7, 11) is 2.44. The van der Waals surface area contributed by atoms with E-state index < -0.39 is 0 Å². The number of para-hydroxylation sites is 1. The lowest BCUT2D eigenvalue weighted by atomic mass is 9.59. The fraction of sp³-hybridized carbons (Fsp3) is 0.143. The average molecular weight is 818 g/mol. The molecule has 0 saturated carbocycles. The van der Waals surface area contributed by atoms with Crippen molar-refractivity contribution >= 4 is 127 Å². The summed E-state index contributed by atoms with van der Waals surface area (Å²) >= 11 is 1.87. The highest BCUT2D eigenvalue weighted by Crippen LogP contribution is 2.45. The van der Waals surface area contributed by atoms with Gasteiger partial charge in [-0.1, -0.05) is 114 Å². The van der Waals surface area contributed by atoms with E-state index in [1.165, 1.54) is 64.2 Å². The van der Waals surface area contributed by atoms with E-state index in [0.717, 1.165) is 71.9 Å². The third kappa shape index (κ3) is 5.20.